The topological polar surface area (TPSA) is 68.2 Å². The molecule has 0 amide bonds. The first-order valence-electron chi connectivity index (χ1n) is 5.77. The van der Waals surface area contributed by atoms with E-state index in [4.69, 9.17) is 5.73 Å². The maximum Gasteiger partial charge on any atom is 0.188 e. The Kier molecular flexibility index (Phi) is 3.96. The predicted molar refractivity (Wildman–Crippen MR) is 72.2 cm³/mol. The first-order valence-corrected chi connectivity index (χ1v) is 5.77. The number of hydrogen-bond acceptors (Lipinski definition) is 2. The summed E-state index contributed by atoms with van der Waals surface area (Å²) in [7, 11) is 1.66. The molecule has 2 rings (SSSR count). The van der Waals surface area contributed by atoms with Crippen LogP contribution < -0.4 is 11.1 Å². The van der Waals surface area contributed by atoms with Gasteiger partial charge in [0.2, 0.25) is 0 Å². The number of imidazole rings is 1. The number of aliphatic imine (C=N–C) groups is 1. The van der Waals surface area contributed by atoms with Crippen LogP contribution in [0.1, 0.15) is 11.1 Å². The highest BCUT2D eigenvalue weighted by molar-refractivity contribution is 5.77. The highest BCUT2D eigenvalue weighted by Crippen LogP contribution is 2.07. The zero-order chi connectivity index (χ0) is 12.8. The first-order chi connectivity index (χ1) is 8.78. The Morgan fingerprint density at radius 3 is 3.00 bits per heavy atom. The van der Waals surface area contributed by atoms with Crippen LogP contribution in [0.5, 0.6) is 0 Å². The Morgan fingerprint density at radius 1 is 1.44 bits per heavy atom. The fraction of sp³-hybridized carbons (Fsp3) is 0.231. The monoisotopic (exact) mass is 243 g/mol. The van der Waals surface area contributed by atoms with Crippen molar-refractivity contribution in [2.24, 2.45) is 10.7 Å². The lowest BCUT2D eigenvalue weighted by molar-refractivity contribution is 0.793. The maximum atomic E-state index is 5.60. The second-order valence-electron chi connectivity index (χ2n) is 4.02. The number of rotatable bonds is 4. The van der Waals surface area contributed by atoms with E-state index in [2.05, 4.69) is 33.5 Å². The largest absolute Gasteiger partial charge is 0.370 e. The third-order valence-corrected chi connectivity index (χ3v) is 2.63. The Bertz CT molecular complexity index is 516. The summed E-state index contributed by atoms with van der Waals surface area (Å²) in [6, 6.07) is 8.35. The zero-order valence-corrected chi connectivity index (χ0v) is 10.4. The zero-order valence-electron chi connectivity index (χ0n) is 10.4. The van der Waals surface area contributed by atoms with Crippen LogP contribution in [0.2, 0.25) is 0 Å². The van der Waals surface area contributed by atoms with Crippen molar-refractivity contribution in [2.45, 2.75) is 13.1 Å². The molecule has 0 unspecified atom stereocenters. The number of guanidine groups is 1. The third-order valence-electron chi connectivity index (χ3n) is 2.63. The van der Waals surface area contributed by atoms with Crippen molar-refractivity contribution in [2.75, 3.05) is 7.05 Å². The molecule has 5 heteroatoms. The van der Waals surface area contributed by atoms with Crippen molar-refractivity contribution in [3.63, 3.8) is 0 Å². The van der Waals surface area contributed by atoms with E-state index in [-0.39, 0.29) is 0 Å². The fourth-order valence-electron chi connectivity index (χ4n) is 1.70. The van der Waals surface area contributed by atoms with E-state index in [0.29, 0.717) is 12.5 Å². The molecule has 0 bridgehead atoms. The van der Waals surface area contributed by atoms with Gasteiger partial charge in [0.25, 0.3) is 0 Å². The SMILES string of the molecule is CN=C(N)NCc1cccc(Cn2ccnc2)c1. The molecule has 0 radical (unpaired) electrons. The number of benzene rings is 1. The molecule has 18 heavy (non-hydrogen) atoms. The summed E-state index contributed by atoms with van der Waals surface area (Å²) in [5.74, 6) is 0.454. The van der Waals surface area contributed by atoms with Crippen molar-refractivity contribution in [3.05, 3.63) is 54.1 Å². The van der Waals surface area contributed by atoms with E-state index >= 15 is 0 Å². The quantitative estimate of drug-likeness (QED) is 0.621. The summed E-state index contributed by atoms with van der Waals surface area (Å²) in [5, 5.41) is 3.04. The summed E-state index contributed by atoms with van der Waals surface area (Å²) in [4.78, 5) is 7.89. The maximum absolute atomic E-state index is 5.60. The van der Waals surface area contributed by atoms with Crippen molar-refractivity contribution in [3.8, 4) is 0 Å². The minimum Gasteiger partial charge on any atom is -0.370 e. The van der Waals surface area contributed by atoms with Gasteiger partial charge < -0.3 is 15.6 Å². The van der Waals surface area contributed by atoms with Crippen LogP contribution in [0.4, 0.5) is 0 Å². The van der Waals surface area contributed by atoms with Gasteiger partial charge in [-0.1, -0.05) is 24.3 Å². The van der Waals surface area contributed by atoms with Gasteiger partial charge in [0.05, 0.1) is 6.33 Å². The van der Waals surface area contributed by atoms with Crippen LogP contribution in [0.15, 0.2) is 48.0 Å². The van der Waals surface area contributed by atoms with Gasteiger partial charge in [0, 0.05) is 32.5 Å². The molecule has 0 aliphatic carbocycles. The van der Waals surface area contributed by atoms with Crippen molar-refractivity contribution >= 4 is 5.96 Å². The molecular weight excluding hydrogens is 226 g/mol. The summed E-state index contributed by atoms with van der Waals surface area (Å²) in [5.41, 5.74) is 8.01. The average Bonchev–Trinajstić information content (AvgIpc) is 2.89. The molecule has 0 spiro atoms. The minimum atomic E-state index is 0.454. The molecule has 0 saturated carbocycles. The Labute approximate surface area is 106 Å². The molecule has 0 saturated heterocycles. The summed E-state index contributed by atoms with van der Waals surface area (Å²) >= 11 is 0. The van der Waals surface area contributed by atoms with E-state index in [1.54, 1.807) is 13.2 Å². The van der Waals surface area contributed by atoms with Gasteiger partial charge >= 0.3 is 0 Å². The lowest BCUT2D eigenvalue weighted by Gasteiger charge is -2.07. The van der Waals surface area contributed by atoms with E-state index in [9.17, 15) is 0 Å². The van der Waals surface area contributed by atoms with Crippen molar-refractivity contribution < 1.29 is 0 Å². The lowest BCUT2D eigenvalue weighted by Crippen LogP contribution is -2.30. The van der Waals surface area contributed by atoms with Gasteiger partial charge in [-0.05, 0) is 11.1 Å². The van der Waals surface area contributed by atoms with E-state index in [1.807, 2.05) is 23.2 Å². The summed E-state index contributed by atoms with van der Waals surface area (Å²) in [6.07, 6.45) is 5.54. The number of nitrogens with zero attached hydrogens (tertiary/aromatic N) is 3. The van der Waals surface area contributed by atoms with E-state index < -0.39 is 0 Å². The number of aromatic nitrogens is 2. The van der Waals surface area contributed by atoms with Crippen LogP contribution in [0.3, 0.4) is 0 Å². The molecule has 0 atom stereocenters. The normalized spacial score (nSPS) is 11.5. The van der Waals surface area contributed by atoms with Gasteiger partial charge in [-0.15, -0.1) is 0 Å². The summed E-state index contributed by atoms with van der Waals surface area (Å²) < 4.78 is 2.04. The predicted octanol–water partition coefficient (Wildman–Crippen LogP) is 0.965. The molecular formula is C13H17N5. The molecule has 3 N–H and O–H groups in total. The van der Waals surface area contributed by atoms with Gasteiger partial charge in [-0.3, -0.25) is 4.99 Å². The Hall–Kier alpha value is -2.30. The molecule has 0 aliphatic heterocycles. The fourth-order valence-corrected chi connectivity index (χ4v) is 1.70. The molecule has 1 aromatic heterocycles. The van der Waals surface area contributed by atoms with Crippen LogP contribution in [0, 0.1) is 0 Å². The molecule has 2 aromatic rings. The smallest absolute Gasteiger partial charge is 0.188 e. The number of nitrogens with two attached hydrogens (primary N) is 1. The van der Waals surface area contributed by atoms with Crippen molar-refractivity contribution in [1.29, 1.82) is 0 Å². The third kappa shape index (κ3) is 3.35. The van der Waals surface area contributed by atoms with E-state index in [1.165, 1.54) is 11.1 Å². The van der Waals surface area contributed by atoms with Crippen LogP contribution in [0.25, 0.3) is 0 Å². The van der Waals surface area contributed by atoms with Gasteiger partial charge in [0.1, 0.15) is 0 Å². The van der Waals surface area contributed by atoms with Crippen LogP contribution in [-0.4, -0.2) is 22.6 Å². The number of hydrogen-bond donors (Lipinski definition) is 2. The van der Waals surface area contributed by atoms with Gasteiger partial charge in [0.15, 0.2) is 5.96 Å². The average molecular weight is 243 g/mol. The second kappa shape index (κ2) is 5.86. The lowest BCUT2D eigenvalue weighted by atomic mass is 10.1. The van der Waals surface area contributed by atoms with Crippen molar-refractivity contribution in [1.82, 2.24) is 14.9 Å². The second-order valence-corrected chi connectivity index (χ2v) is 4.02. The van der Waals surface area contributed by atoms with Crippen LogP contribution >= 0.6 is 0 Å². The molecule has 0 fully saturated rings. The molecule has 1 aromatic carbocycles. The minimum absolute atomic E-state index is 0.454. The Morgan fingerprint density at radius 2 is 2.28 bits per heavy atom. The standard InChI is InChI=1S/C13H17N5/c1-15-13(14)17-8-11-3-2-4-12(7-11)9-18-6-5-16-10-18/h2-7,10H,8-9H2,1H3,(H3,14,15,17). The Balaban J connectivity index is 2.01. The van der Waals surface area contributed by atoms with E-state index in [0.717, 1.165) is 6.54 Å². The molecule has 5 nitrogen and oxygen atoms in total. The van der Waals surface area contributed by atoms with Crippen LogP contribution in [-0.2, 0) is 13.1 Å². The molecule has 94 valence electrons. The molecule has 0 aliphatic rings. The van der Waals surface area contributed by atoms with Gasteiger partial charge in [-0.2, -0.15) is 0 Å². The highest BCUT2D eigenvalue weighted by atomic mass is 15.1. The number of nitrogens with one attached hydrogen (secondary N) is 1. The molecule has 1 heterocycles. The highest BCUT2D eigenvalue weighted by Gasteiger charge is 1.98. The summed E-state index contributed by atoms with van der Waals surface area (Å²) in [6.45, 7) is 1.51. The van der Waals surface area contributed by atoms with Gasteiger partial charge in [-0.25, -0.2) is 4.98 Å². The first kappa shape index (κ1) is 12.2.